The highest BCUT2D eigenvalue weighted by Crippen LogP contribution is 2.33. The first-order valence-corrected chi connectivity index (χ1v) is 6.97. The molecule has 100 valence electrons. The molecule has 1 N–H and O–H groups in total. The van der Waals surface area contributed by atoms with Gasteiger partial charge in [-0.1, -0.05) is 12.1 Å². The normalized spacial score (nSPS) is 12.3. The van der Waals surface area contributed by atoms with Gasteiger partial charge in [-0.05, 0) is 66.3 Å². The number of aryl methyl sites for hydroxylation is 1. The van der Waals surface area contributed by atoms with Gasteiger partial charge in [0.2, 0.25) is 0 Å². The topological polar surface area (TPSA) is 29.5 Å². The highest BCUT2D eigenvalue weighted by atomic mass is 127. The molecule has 2 aromatic carbocycles. The van der Waals surface area contributed by atoms with Crippen molar-refractivity contribution in [2.24, 2.45) is 0 Å². The third kappa shape index (κ3) is 3.25. The minimum Gasteiger partial charge on any atom is -0.456 e. The predicted octanol–water partition coefficient (Wildman–Crippen LogP) is 4.58. The maximum absolute atomic E-state index is 13.6. The van der Waals surface area contributed by atoms with Crippen molar-refractivity contribution in [3.8, 4) is 11.5 Å². The number of hydrogen-bond acceptors (Lipinski definition) is 2. The van der Waals surface area contributed by atoms with E-state index in [4.69, 9.17) is 4.74 Å². The Morgan fingerprint density at radius 2 is 1.89 bits per heavy atom. The van der Waals surface area contributed by atoms with Crippen LogP contribution in [-0.4, -0.2) is 5.11 Å². The fraction of sp³-hybridized carbons (Fsp3) is 0.200. The lowest BCUT2D eigenvalue weighted by atomic mass is 10.1. The molecule has 0 aliphatic heterocycles. The zero-order chi connectivity index (χ0) is 14.0. The summed E-state index contributed by atoms with van der Waals surface area (Å²) in [5.41, 5.74) is 0.938. The number of para-hydroxylation sites is 1. The maximum Gasteiger partial charge on any atom is 0.140 e. The van der Waals surface area contributed by atoms with E-state index in [1.165, 1.54) is 6.07 Å². The molecule has 0 aliphatic rings. The molecular weight excluding hydrogens is 358 g/mol. The van der Waals surface area contributed by atoms with Crippen molar-refractivity contribution >= 4 is 22.6 Å². The summed E-state index contributed by atoms with van der Waals surface area (Å²) in [5, 5.41) is 9.72. The van der Waals surface area contributed by atoms with E-state index in [2.05, 4.69) is 22.6 Å². The molecule has 0 amide bonds. The lowest BCUT2D eigenvalue weighted by molar-refractivity contribution is 0.195. The summed E-state index contributed by atoms with van der Waals surface area (Å²) >= 11 is 2.17. The van der Waals surface area contributed by atoms with Crippen LogP contribution < -0.4 is 4.74 Å². The monoisotopic (exact) mass is 372 g/mol. The Kier molecular flexibility index (Phi) is 4.42. The number of rotatable bonds is 3. The van der Waals surface area contributed by atoms with Crippen LogP contribution >= 0.6 is 22.6 Å². The van der Waals surface area contributed by atoms with Crippen LogP contribution in [0.4, 0.5) is 4.39 Å². The summed E-state index contributed by atoms with van der Waals surface area (Å²) in [5.74, 6) is 0.833. The van der Waals surface area contributed by atoms with E-state index in [9.17, 15) is 9.50 Å². The van der Waals surface area contributed by atoms with Crippen molar-refractivity contribution in [2.75, 3.05) is 0 Å². The number of hydrogen-bond donors (Lipinski definition) is 1. The van der Waals surface area contributed by atoms with Crippen LogP contribution in [0.2, 0.25) is 0 Å². The summed E-state index contributed by atoms with van der Waals surface area (Å²) in [6.07, 6.45) is -0.786. The van der Waals surface area contributed by atoms with Crippen LogP contribution in [0.5, 0.6) is 11.5 Å². The van der Waals surface area contributed by atoms with Gasteiger partial charge in [-0.3, -0.25) is 0 Å². The lowest BCUT2D eigenvalue weighted by Crippen LogP contribution is -1.99. The number of aliphatic hydroxyl groups excluding tert-OH is 1. The first-order valence-electron chi connectivity index (χ1n) is 5.89. The quantitative estimate of drug-likeness (QED) is 0.799. The first-order chi connectivity index (χ1) is 8.99. The summed E-state index contributed by atoms with van der Waals surface area (Å²) in [6, 6.07) is 10.5. The van der Waals surface area contributed by atoms with Crippen molar-refractivity contribution in [2.45, 2.75) is 20.0 Å². The first kappa shape index (κ1) is 14.3. The van der Waals surface area contributed by atoms with Crippen LogP contribution in [0.3, 0.4) is 0 Å². The molecule has 0 aromatic heterocycles. The average molecular weight is 372 g/mol. The van der Waals surface area contributed by atoms with Crippen molar-refractivity contribution in [1.29, 1.82) is 0 Å². The maximum atomic E-state index is 13.6. The minimum atomic E-state index is -0.786. The molecule has 0 aliphatic carbocycles. The van der Waals surface area contributed by atoms with Crippen molar-refractivity contribution in [3.63, 3.8) is 0 Å². The highest BCUT2D eigenvalue weighted by Gasteiger charge is 2.14. The summed E-state index contributed by atoms with van der Waals surface area (Å²) in [6.45, 7) is 3.26. The van der Waals surface area contributed by atoms with Gasteiger partial charge in [0.1, 0.15) is 17.3 Å². The van der Waals surface area contributed by atoms with Crippen LogP contribution in [0.15, 0.2) is 36.4 Å². The van der Waals surface area contributed by atoms with Crippen LogP contribution in [0, 0.1) is 16.3 Å². The molecule has 0 bridgehead atoms. The predicted molar refractivity (Wildman–Crippen MR) is 81.0 cm³/mol. The van der Waals surface area contributed by atoms with Gasteiger partial charge in [0.15, 0.2) is 0 Å². The Morgan fingerprint density at radius 3 is 2.53 bits per heavy atom. The Morgan fingerprint density at radius 1 is 1.21 bits per heavy atom. The lowest BCUT2D eigenvalue weighted by Gasteiger charge is -2.15. The van der Waals surface area contributed by atoms with Gasteiger partial charge in [-0.2, -0.15) is 0 Å². The fourth-order valence-electron chi connectivity index (χ4n) is 1.73. The molecule has 0 spiro atoms. The summed E-state index contributed by atoms with van der Waals surface area (Å²) in [7, 11) is 0. The molecular formula is C15H14FIO2. The second kappa shape index (κ2) is 5.88. The van der Waals surface area contributed by atoms with E-state index < -0.39 is 6.10 Å². The van der Waals surface area contributed by atoms with Gasteiger partial charge in [0, 0.05) is 5.56 Å². The Hall–Kier alpha value is -1.14. The van der Waals surface area contributed by atoms with Crippen LogP contribution in [0.1, 0.15) is 24.2 Å². The molecule has 0 fully saturated rings. The van der Waals surface area contributed by atoms with E-state index in [1.807, 2.05) is 24.3 Å². The van der Waals surface area contributed by atoms with Crippen LogP contribution in [-0.2, 0) is 0 Å². The van der Waals surface area contributed by atoms with Crippen LogP contribution in [0.25, 0.3) is 0 Å². The molecule has 2 nitrogen and oxygen atoms in total. The van der Waals surface area contributed by atoms with Crippen molar-refractivity contribution in [1.82, 2.24) is 0 Å². The van der Waals surface area contributed by atoms with E-state index in [1.54, 1.807) is 19.9 Å². The molecule has 1 atom stereocenters. The Labute approximate surface area is 125 Å². The number of aliphatic hydroxyl groups is 1. The van der Waals surface area contributed by atoms with Crippen molar-refractivity contribution in [3.05, 3.63) is 56.9 Å². The van der Waals surface area contributed by atoms with Gasteiger partial charge < -0.3 is 9.84 Å². The molecule has 0 unspecified atom stereocenters. The molecule has 4 heteroatoms. The number of benzene rings is 2. The molecule has 0 saturated heterocycles. The zero-order valence-corrected chi connectivity index (χ0v) is 12.8. The second-order valence-corrected chi connectivity index (χ2v) is 5.51. The van der Waals surface area contributed by atoms with Crippen molar-refractivity contribution < 1.29 is 14.2 Å². The zero-order valence-electron chi connectivity index (χ0n) is 10.7. The molecule has 2 aromatic rings. The summed E-state index contributed by atoms with van der Waals surface area (Å²) in [4.78, 5) is 0. The summed E-state index contributed by atoms with van der Waals surface area (Å²) < 4.78 is 20.3. The van der Waals surface area contributed by atoms with Gasteiger partial charge in [-0.25, -0.2) is 4.39 Å². The average Bonchev–Trinajstić information content (AvgIpc) is 2.36. The van der Waals surface area contributed by atoms with Gasteiger partial charge in [-0.15, -0.1) is 0 Å². The molecule has 0 saturated carbocycles. The Bertz CT molecular complexity index is 597. The van der Waals surface area contributed by atoms with Gasteiger partial charge in [0.25, 0.3) is 0 Å². The standard InChI is InChI=1S/C15H14FIO2/c1-9-7-15(11(10(2)18)8-12(9)16)19-14-6-4-3-5-13(14)17/h3-8,10,18H,1-2H3/t10-/m1/s1. The minimum absolute atomic E-state index is 0.342. The van der Waals surface area contributed by atoms with E-state index in [0.717, 1.165) is 3.57 Å². The Balaban J connectivity index is 2.45. The molecule has 2 rings (SSSR count). The largest absolute Gasteiger partial charge is 0.456 e. The molecule has 0 radical (unpaired) electrons. The van der Waals surface area contributed by atoms with Gasteiger partial charge >= 0.3 is 0 Å². The van der Waals surface area contributed by atoms with E-state index in [0.29, 0.717) is 22.6 Å². The fourth-order valence-corrected chi connectivity index (χ4v) is 2.23. The molecule has 19 heavy (non-hydrogen) atoms. The highest BCUT2D eigenvalue weighted by molar-refractivity contribution is 14.1. The van der Waals surface area contributed by atoms with E-state index in [-0.39, 0.29) is 5.82 Å². The number of ether oxygens (including phenoxy) is 1. The third-order valence-electron chi connectivity index (χ3n) is 2.80. The third-order valence-corrected chi connectivity index (χ3v) is 3.69. The molecule has 0 heterocycles. The number of halogens is 2. The SMILES string of the molecule is Cc1cc(Oc2ccccc2I)c([C@@H](C)O)cc1F. The van der Waals surface area contributed by atoms with Gasteiger partial charge in [0.05, 0.1) is 9.67 Å². The van der Waals surface area contributed by atoms with E-state index >= 15 is 0 Å². The smallest absolute Gasteiger partial charge is 0.140 e. The second-order valence-electron chi connectivity index (χ2n) is 4.35.